The Kier molecular flexibility index (Phi) is 3.49. The van der Waals surface area contributed by atoms with Gasteiger partial charge in [0.2, 0.25) is 18.4 Å². The molecule has 0 atom stereocenters. The highest BCUT2D eigenvalue weighted by Crippen LogP contribution is 2.36. The zero-order chi connectivity index (χ0) is 14.8. The molecule has 1 aromatic heterocycles. The maximum Gasteiger partial charge on any atom is 0.376 e. The lowest BCUT2D eigenvalue weighted by molar-refractivity contribution is 0.0559. The minimum absolute atomic E-state index is 0.0343. The quantitative estimate of drug-likeness (QED) is 0.797. The minimum Gasteiger partial charge on any atom is -0.463 e. The molecular formula is C14H13NO6. The number of carbonyl (C=O) groups is 1. The molecule has 2 aromatic rings. The summed E-state index contributed by atoms with van der Waals surface area (Å²) in [6.45, 7) is 0.338. The molecule has 0 spiro atoms. The van der Waals surface area contributed by atoms with Crippen molar-refractivity contribution in [3.8, 4) is 23.0 Å². The van der Waals surface area contributed by atoms with Crippen LogP contribution >= 0.6 is 0 Å². The molecule has 0 aliphatic carbocycles. The predicted molar refractivity (Wildman–Crippen MR) is 70.1 cm³/mol. The van der Waals surface area contributed by atoms with Crippen LogP contribution in [0.1, 0.15) is 16.2 Å². The molecule has 0 saturated carbocycles. The maximum absolute atomic E-state index is 11.7. The summed E-state index contributed by atoms with van der Waals surface area (Å²) in [5.74, 6) is 1.00. The summed E-state index contributed by atoms with van der Waals surface area (Å²) in [5.41, 5.74) is 1.06. The number of esters is 1. The number of hydrogen-bond donors (Lipinski definition) is 0. The van der Waals surface area contributed by atoms with Crippen molar-refractivity contribution in [2.24, 2.45) is 0 Å². The summed E-state index contributed by atoms with van der Waals surface area (Å²) in [4.78, 5) is 16.0. The zero-order valence-corrected chi connectivity index (χ0v) is 11.5. The van der Waals surface area contributed by atoms with Gasteiger partial charge in [0.15, 0.2) is 11.5 Å². The Hall–Kier alpha value is -2.54. The minimum atomic E-state index is -0.596. The van der Waals surface area contributed by atoms with Gasteiger partial charge in [-0.1, -0.05) is 0 Å². The van der Waals surface area contributed by atoms with Crippen LogP contribution in [0.25, 0.3) is 11.5 Å². The van der Waals surface area contributed by atoms with Crippen LogP contribution in [-0.2, 0) is 16.1 Å². The van der Waals surface area contributed by atoms with Crippen LogP contribution in [-0.4, -0.2) is 32.0 Å². The first kappa shape index (κ1) is 13.4. The lowest BCUT2D eigenvalue weighted by Crippen LogP contribution is -2.04. The third kappa shape index (κ3) is 2.43. The summed E-state index contributed by atoms with van der Waals surface area (Å²) in [5, 5.41) is 0. The van der Waals surface area contributed by atoms with Crippen molar-refractivity contribution in [1.82, 2.24) is 4.98 Å². The highest BCUT2D eigenvalue weighted by atomic mass is 16.7. The van der Waals surface area contributed by atoms with Crippen LogP contribution in [0, 0.1) is 0 Å². The van der Waals surface area contributed by atoms with E-state index < -0.39 is 5.97 Å². The van der Waals surface area contributed by atoms with E-state index in [1.54, 1.807) is 18.2 Å². The standard InChI is InChI=1S/C14H13NO6/c1-17-6-9-12(14(16)18-2)21-13(15-9)8-3-4-10-11(5-8)20-7-19-10/h3-5H,6-7H2,1-2H3. The van der Waals surface area contributed by atoms with E-state index in [1.165, 1.54) is 14.2 Å². The SMILES string of the molecule is COCc1nc(-c2ccc3c(c2)OCO3)oc1C(=O)OC. The van der Waals surface area contributed by atoms with Crippen LogP contribution in [0.15, 0.2) is 22.6 Å². The van der Waals surface area contributed by atoms with Crippen LogP contribution in [0.5, 0.6) is 11.5 Å². The van der Waals surface area contributed by atoms with Gasteiger partial charge in [-0.3, -0.25) is 0 Å². The number of aromatic nitrogens is 1. The molecule has 2 heterocycles. The number of fused-ring (bicyclic) bond motifs is 1. The van der Waals surface area contributed by atoms with Crippen molar-refractivity contribution in [1.29, 1.82) is 0 Å². The van der Waals surface area contributed by atoms with E-state index in [-0.39, 0.29) is 19.2 Å². The Morgan fingerprint density at radius 3 is 2.86 bits per heavy atom. The molecule has 0 unspecified atom stereocenters. The van der Waals surface area contributed by atoms with Crippen molar-refractivity contribution in [2.45, 2.75) is 6.61 Å². The zero-order valence-electron chi connectivity index (χ0n) is 11.5. The third-order valence-electron chi connectivity index (χ3n) is 2.97. The van der Waals surface area contributed by atoms with Crippen LogP contribution in [0.4, 0.5) is 0 Å². The molecule has 1 aromatic carbocycles. The van der Waals surface area contributed by atoms with Crippen molar-refractivity contribution < 1.29 is 28.2 Å². The van der Waals surface area contributed by atoms with Crippen molar-refractivity contribution in [2.75, 3.05) is 21.0 Å². The van der Waals surface area contributed by atoms with E-state index in [4.69, 9.17) is 18.6 Å². The molecule has 1 aliphatic rings. The molecular weight excluding hydrogens is 278 g/mol. The van der Waals surface area contributed by atoms with Crippen molar-refractivity contribution in [3.63, 3.8) is 0 Å². The third-order valence-corrected chi connectivity index (χ3v) is 2.97. The first-order valence-corrected chi connectivity index (χ1v) is 6.20. The average molecular weight is 291 g/mol. The Labute approximate surface area is 120 Å². The highest BCUT2D eigenvalue weighted by molar-refractivity contribution is 5.88. The molecule has 0 bridgehead atoms. The molecule has 0 amide bonds. The topological polar surface area (TPSA) is 80.0 Å². The fourth-order valence-electron chi connectivity index (χ4n) is 1.99. The Bertz CT molecular complexity index is 678. The number of benzene rings is 1. The number of ether oxygens (including phenoxy) is 4. The monoisotopic (exact) mass is 291 g/mol. The van der Waals surface area contributed by atoms with E-state index in [0.717, 1.165) is 0 Å². The van der Waals surface area contributed by atoms with Gasteiger partial charge < -0.3 is 23.4 Å². The van der Waals surface area contributed by atoms with E-state index in [0.29, 0.717) is 28.6 Å². The summed E-state index contributed by atoms with van der Waals surface area (Å²) >= 11 is 0. The first-order valence-electron chi connectivity index (χ1n) is 6.20. The summed E-state index contributed by atoms with van der Waals surface area (Å²) in [7, 11) is 2.79. The number of methoxy groups -OCH3 is 2. The Balaban J connectivity index is 2.00. The van der Waals surface area contributed by atoms with Crippen molar-refractivity contribution in [3.05, 3.63) is 29.7 Å². The van der Waals surface area contributed by atoms with Gasteiger partial charge in [-0.05, 0) is 18.2 Å². The van der Waals surface area contributed by atoms with Gasteiger partial charge in [-0.15, -0.1) is 0 Å². The van der Waals surface area contributed by atoms with Gasteiger partial charge in [0.05, 0.1) is 13.7 Å². The number of hydrogen-bond acceptors (Lipinski definition) is 7. The molecule has 3 rings (SSSR count). The molecule has 0 N–H and O–H groups in total. The fourth-order valence-corrected chi connectivity index (χ4v) is 1.99. The smallest absolute Gasteiger partial charge is 0.376 e. The van der Waals surface area contributed by atoms with E-state index in [1.807, 2.05) is 0 Å². The summed E-state index contributed by atoms with van der Waals surface area (Å²) in [6.07, 6.45) is 0. The second kappa shape index (κ2) is 5.45. The Morgan fingerprint density at radius 2 is 2.10 bits per heavy atom. The van der Waals surface area contributed by atoms with Gasteiger partial charge in [-0.2, -0.15) is 0 Å². The first-order chi connectivity index (χ1) is 10.2. The summed E-state index contributed by atoms with van der Waals surface area (Å²) < 4.78 is 25.7. The number of oxazole rings is 1. The van der Waals surface area contributed by atoms with Gasteiger partial charge in [0.25, 0.3) is 0 Å². The van der Waals surface area contributed by atoms with Crippen LogP contribution < -0.4 is 9.47 Å². The predicted octanol–water partition coefficient (Wildman–Crippen LogP) is 2.00. The van der Waals surface area contributed by atoms with Gasteiger partial charge in [0.1, 0.15) is 5.69 Å². The molecule has 0 saturated heterocycles. The normalized spacial score (nSPS) is 12.5. The largest absolute Gasteiger partial charge is 0.463 e. The van der Waals surface area contributed by atoms with E-state index in [9.17, 15) is 4.79 Å². The number of carbonyl (C=O) groups excluding carboxylic acids is 1. The molecule has 110 valence electrons. The number of rotatable bonds is 4. The van der Waals surface area contributed by atoms with E-state index >= 15 is 0 Å². The van der Waals surface area contributed by atoms with Crippen LogP contribution in [0.3, 0.4) is 0 Å². The van der Waals surface area contributed by atoms with Crippen molar-refractivity contribution >= 4 is 5.97 Å². The molecule has 7 heteroatoms. The van der Waals surface area contributed by atoms with Crippen LogP contribution in [0.2, 0.25) is 0 Å². The molecule has 7 nitrogen and oxygen atoms in total. The summed E-state index contributed by atoms with van der Waals surface area (Å²) in [6, 6.07) is 5.28. The lowest BCUT2D eigenvalue weighted by atomic mass is 10.2. The molecule has 1 aliphatic heterocycles. The Morgan fingerprint density at radius 1 is 1.29 bits per heavy atom. The molecule has 0 radical (unpaired) electrons. The maximum atomic E-state index is 11.7. The molecule has 0 fully saturated rings. The fraction of sp³-hybridized carbons (Fsp3) is 0.286. The van der Waals surface area contributed by atoms with Gasteiger partial charge in [0, 0.05) is 12.7 Å². The average Bonchev–Trinajstić information content (AvgIpc) is 3.12. The van der Waals surface area contributed by atoms with E-state index in [2.05, 4.69) is 9.72 Å². The second-order valence-corrected chi connectivity index (χ2v) is 4.29. The lowest BCUT2D eigenvalue weighted by Gasteiger charge is -1.98. The van der Waals surface area contributed by atoms with Gasteiger partial charge >= 0.3 is 5.97 Å². The number of nitrogens with zero attached hydrogens (tertiary/aromatic N) is 1. The second-order valence-electron chi connectivity index (χ2n) is 4.29. The highest BCUT2D eigenvalue weighted by Gasteiger charge is 2.23. The molecule has 21 heavy (non-hydrogen) atoms. The van der Waals surface area contributed by atoms with Gasteiger partial charge in [-0.25, -0.2) is 9.78 Å².